The largest absolute Gasteiger partial charge is 0.316 e. The van der Waals surface area contributed by atoms with Gasteiger partial charge in [-0.2, -0.15) is 0 Å². The van der Waals surface area contributed by atoms with Gasteiger partial charge in [0.25, 0.3) is 0 Å². The minimum Gasteiger partial charge on any atom is -0.316 e. The van der Waals surface area contributed by atoms with Crippen molar-refractivity contribution in [2.24, 2.45) is 5.92 Å². The van der Waals surface area contributed by atoms with Crippen molar-refractivity contribution in [2.45, 2.75) is 26.7 Å². The van der Waals surface area contributed by atoms with Crippen LogP contribution in [0.3, 0.4) is 0 Å². The molecular formula is C11H18BrNS. The summed E-state index contributed by atoms with van der Waals surface area (Å²) in [6, 6.07) is 4.33. The Balaban J connectivity index is 2.04. The molecule has 0 aliphatic carbocycles. The van der Waals surface area contributed by atoms with Crippen LogP contribution in [0.15, 0.2) is 15.9 Å². The first-order valence-electron chi connectivity index (χ1n) is 5.13. The Hall–Kier alpha value is 0.140. The predicted molar refractivity (Wildman–Crippen MR) is 68.0 cm³/mol. The molecule has 0 radical (unpaired) electrons. The van der Waals surface area contributed by atoms with Gasteiger partial charge in [0.15, 0.2) is 0 Å². The number of aryl methyl sites for hydroxylation is 1. The van der Waals surface area contributed by atoms with Crippen molar-refractivity contribution in [3.63, 3.8) is 0 Å². The van der Waals surface area contributed by atoms with Gasteiger partial charge < -0.3 is 5.32 Å². The summed E-state index contributed by atoms with van der Waals surface area (Å²) in [7, 11) is 0. The summed E-state index contributed by atoms with van der Waals surface area (Å²) in [6.45, 7) is 6.74. The van der Waals surface area contributed by atoms with E-state index in [1.807, 2.05) is 11.3 Å². The van der Waals surface area contributed by atoms with Gasteiger partial charge in [0, 0.05) is 4.88 Å². The van der Waals surface area contributed by atoms with E-state index < -0.39 is 0 Å². The summed E-state index contributed by atoms with van der Waals surface area (Å²) in [6.07, 6.45) is 2.43. The summed E-state index contributed by atoms with van der Waals surface area (Å²) >= 11 is 5.32. The van der Waals surface area contributed by atoms with Crippen LogP contribution in [0.5, 0.6) is 0 Å². The van der Waals surface area contributed by atoms with Crippen molar-refractivity contribution in [2.75, 3.05) is 13.1 Å². The van der Waals surface area contributed by atoms with Crippen molar-refractivity contribution in [3.8, 4) is 0 Å². The zero-order valence-electron chi connectivity index (χ0n) is 8.85. The predicted octanol–water partition coefficient (Wildman–Crippen LogP) is 3.69. The van der Waals surface area contributed by atoms with Crippen molar-refractivity contribution in [3.05, 3.63) is 20.8 Å². The van der Waals surface area contributed by atoms with Crippen LogP contribution in [0.1, 0.15) is 25.1 Å². The third-order valence-electron chi connectivity index (χ3n) is 1.96. The van der Waals surface area contributed by atoms with E-state index >= 15 is 0 Å². The second kappa shape index (κ2) is 6.59. The summed E-state index contributed by atoms with van der Waals surface area (Å²) in [5, 5.41) is 3.45. The molecule has 0 aliphatic rings. The second-order valence-electron chi connectivity index (χ2n) is 3.91. The van der Waals surface area contributed by atoms with Crippen LogP contribution in [0.25, 0.3) is 0 Å². The van der Waals surface area contributed by atoms with Gasteiger partial charge in [0.1, 0.15) is 0 Å². The topological polar surface area (TPSA) is 12.0 Å². The first kappa shape index (κ1) is 12.2. The van der Waals surface area contributed by atoms with Crippen molar-refractivity contribution >= 4 is 27.3 Å². The van der Waals surface area contributed by atoms with Crippen molar-refractivity contribution in [1.82, 2.24) is 5.32 Å². The molecular weight excluding hydrogens is 258 g/mol. The summed E-state index contributed by atoms with van der Waals surface area (Å²) < 4.78 is 1.24. The second-order valence-corrected chi connectivity index (χ2v) is 6.45. The quantitative estimate of drug-likeness (QED) is 0.781. The number of rotatable bonds is 6. The Kier molecular flexibility index (Phi) is 5.75. The molecule has 3 heteroatoms. The lowest BCUT2D eigenvalue weighted by Crippen LogP contribution is -2.20. The van der Waals surface area contributed by atoms with E-state index in [2.05, 4.69) is 47.2 Å². The molecule has 1 aromatic heterocycles. The Labute approximate surface area is 99.0 Å². The average Bonchev–Trinajstić information content (AvgIpc) is 2.50. The molecule has 0 fully saturated rings. The number of hydrogen-bond acceptors (Lipinski definition) is 2. The zero-order chi connectivity index (χ0) is 10.4. The molecule has 1 heterocycles. The monoisotopic (exact) mass is 275 g/mol. The lowest BCUT2D eigenvalue weighted by molar-refractivity contribution is 0.544. The van der Waals surface area contributed by atoms with Crippen LogP contribution in [0.4, 0.5) is 0 Å². The maximum Gasteiger partial charge on any atom is 0.0701 e. The van der Waals surface area contributed by atoms with Crippen LogP contribution < -0.4 is 5.32 Å². The molecule has 1 aromatic rings. The van der Waals surface area contributed by atoms with Gasteiger partial charge in [-0.15, -0.1) is 11.3 Å². The normalized spacial score (nSPS) is 11.1. The van der Waals surface area contributed by atoms with E-state index in [4.69, 9.17) is 0 Å². The highest BCUT2D eigenvalue weighted by Crippen LogP contribution is 2.22. The summed E-state index contributed by atoms with van der Waals surface area (Å²) in [5.74, 6) is 0.755. The van der Waals surface area contributed by atoms with Crippen LogP contribution >= 0.6 is 27.3 Å². The molecule has 1 rings (SSSR count). The Morgan fingerprint density at radius 2 is 2.21 bits per heavy atom. The van der Waals surface area contributed by atoms with Crippen LogP contribution in [0.2, 0.25) is 0 Å². The average molecular weight is 276 g/mol. The minimum atomic E-state index is 0.755. The zero-order valence-corrected chi connectivity index (χ0v) is 11.2. The van der Waals surface area contributed by atoms with E-state index in [0.717, 1.165) is 19.0 Å². The fourth-order valence-electron chi connectivity index (χ4n) is 1.26. The lowest BCUT2D eigenvalue weighted by Gasteiger charge is -2.06. The molecule has 0 aromatic carbocycles. The van der Waals surface area contributed by atoms with E-state index in [1.165, 1.54) is 21.5 Å². The lowest BCUT2D eigenvalue weighted by atomic mass is 10.2. The summed E-state index contributed by atoms with van der Waals surface area (Å²) in [4.78, 5) is 1.48. The first-order chi connectivity index (χ1) is 6.68. The van der Waals surface area contributed by atoms with Gasteiger partial charge in [-0.25, -0.2) is 0 Å². The SMILES string of the molecule is CC(C)CNCCCc1ccc(Br)s1. The smallest absolute Gasteiger partial charge is 0.0701 e. The molecule has 0 spiro atoms. The minimum absolute atomic E-state index is 0.755. The number of nitrogens with one attached hydrogen (secondary N) is 1. The first-order valence-corrected chi connectivity index (χ1v) is 6.74. The molecule has 0 aliphatic heterocycles. The molecule has 0 bridgehead atoms. The van der Waals surface area contributed by atoms with Crippen LogP contribution in [-0.4, -0.2) is 13.1 Å². The van der Waals surface area contributed by atoms with E-state index in [9.17, 15) is 0 Å². The molecule has 0 saturated heterocycles. The van der Waals surface area contributed by atoms with Gasteiger partial charge in [-0.3, -0.25) is 0 Å². The highest BCUT2D eigenvalue weighted by Gasteiger charge is 1.97. The standard InChI is InChI=1S/C11H18BrNS/c1-9(2)8-13-7-3-4-10-5-6-11(12)14-10/h5-6,9,13H,3-4,7-8H2,1-2H3. The summed E-state index contributed by atoms with van der Waals surface area (Å²) in [5.41, 5.74) is 0. The van der Waals surface area contributed by atoms with E-state index in [0.29, 0.717) is 0 Å². The molecule has 1 N–H and O–H groups in total. The Bertz CT molecular complexity index is 258. The Morgan fingerprint density at radius 1 is 1.43 bits per heavy atom. The van der Waals surface area contributed by atoms with Crippen LogP contribution in [-0.2, 0) is 6.42 Å². The van der Waals surface area contributed by atoms with Gasteiger partial charge >= 0.3 is 0 Å². The molecule has 0 atom stereocenters. The maximum atomic E-state index is 3.48. The fraction of sp³-hybridized carbons (Fsp3) is 0.636. The van der Waals surface area contributed by atoms with Gasteiger partial charge in [-0.1, -0.05) is 13.8 Å². The fourth-order valence-corrected chi connectivity index (χ4v) is 2.79. The highest BCUT2D eigenvalue weighted by atomic mass is 79.9. The molecule has 1 nitrogen and oxygen atoms in total. The number of hydrogen-bond donors (Lipinski definition) is 1. The van der Waals surface area contributed by atoms with Gasteiger partial charge in [0.05, 0.1) is 3.79 Å². The van der Waals surface area contributed by atoms with E-state index in [1.54, 1.807) is 0 Å². The van der Waals surface area contributed by atoms with Gasteiger partial charge in [0.2, 0.25) is 0 Å². The maximum absolute atomic E-state index is 3.48. The van der Waals surface area contributed by atoms with Crippen molar-refractivity contribution < 1.29 is 0 Å². The third-order valence-corrected chi connectivity index (χ3v) is 3.64. The number of halogens is 1. The molecule has 80 valence electrons. The Morgan fingerprint density at radius 3 is 2.79 bits per heavy atom. The molecule has 0 saturated carbocycles. The van der Waals surface area contributed by atoms with E-state index in [-0.39, 0.29) is 0 Å². The highest BCUT2D eigenvalue weighted by molar-refractivity contribution is 9.11. The molecule has 0 amide bonds. The third kappa shape index (κ3) is 5.13. The van der Waals surface area contributed by atoms with Crippen LogP contribution in [0, 0.1) is 5.92 Å². The number of thiophene rings is 1. The van der Waals surface area contributed by atoms with Gasteiger partial charge in [-0.05, 0) is 59.9 Å². The van der Waals surface area contributed by atoms with Crippen molar-refractivity contribution in [1.29, 1.82) is 0 Å². The molecule has 0 unspecified atom stereocenters. The molecule has 14 heavy (non-hydrogen) atoms.